The molecule has 0 N–H and O–H groups in total. The van der Waals surface area contributed by atoms with Crippen LogP contribution in [0.4, 0.5) is 13.2 Å². The molecule has 11 heteroatoms. The van der Waals surface area contributed by atoms with Crippen molar-refractivity contribution in [3.8, 4) is 11.4 Å². The number of piperazine rings is 1. The van der Waals surface area contributed by atoms with Gasteiger partial charge in [-0.15, -0.1) is 0 Å². The lowest BCUT2D eigenvalue weighted by Crippen LogP contribution is -2.48. The molecule has 1 aromatic carbocycles. The van der Waals surface area contributed by atoms with Crippen LogP contribution in [0.2, 0.25) is 0 Å². The summed E-state index contributed by atoms with van der Waals surface area (Å²) >= 11 is 0. The predicted octanol–water partition coefficient (Wildman–Crippen LogP) is 2.22. The van der Waals surface area contributed by atoms with E-state index in [1.54, 1.807) is 6.92 Å². The Bertz CT molecular complexity index is 873. The van der Waals surface area contributed by atoms with Crippen molar-refractivity contribution < 1.29 is 26.1 Å². The van der Waals surface area contributed by atoms with Crippen LogP contribution in [0.5, 0.6) is 0 Å². The number of aromatic nitrogens is 2. The van der Waals surface area contributed by atoms with Crippen LogP contribution in [0.3, 0.4) is 0 Å². The SMILES string of the molecule is CCS(=O)(=O)N1CCN(Cc2nc(-c3ccc(C(F)(F)F)cc3)no2)CC1. The van der Waals surface area contributed by atoms with Crippen molar-refractivity contribution in [2.75, 3.05) is 31.9 Å². The summed E-state index contributed by atoms with van der Waals surface area (Å²) in [5.74, 6) is 0.621. The Morgan fingerprint density at radius 3 is 2.30 bits per heavy atom. The van der Waals surface area contributed by atoms with E-state index in [0.29, 0.717) is 44.2 Å². The normalized spacial score (nSPS) is 17.3. The standard InChI is InChI=1S/C16H19F3N4O3S/c1-2-27(24,25)23-9-7-22(8-10-23)11-14-20-15(21-26-14)12-3-5-13(6-4-12)16(17,18)19/h3-6H,2,7-11H2,1H3. The van der Waals surface area contributed by atoms with Crippen molar-refractivity contribution in [1.82, 2.24) is 19.3 Å². The molecule has 0 aliphatic carbocycles. The molecule has 1 aliphatic rings. The zero-order valence-corrected chi connectivity index (χ0v) is 15.4. The van der Waals surface area contributed by atoms with Crippen LogP contribution in [-0.4, -0.2) is 59.7 Å². The summed E-state index contributed by atoms with van der Waals surface area (Å²) in [6.07, 6.45) is -4.39. The molecule has 27 heavy (non-hydrogen) atoms. The molecule has 0 radical (unpaired) electrons. The molecule has 0 bridgehead atoms. The van der Waals surface area contributed by atoms with Crippen molar-refractivity contribution in [3.05, 3.63) is 35.7 Å². The molecule has 1 saturated heterocycles. The minimum atomic E-state index is -4.39. The Kier molecular flexibility index (Phi) is 5.54. The average molecular weight is 404 g/mol. The van der Waals surface area contributed by atoms with Crippen molar-refractivity contribution in [3.63, 3.8) is 0 Å². The van der Waals surface area contributed by atoms with Gasteiger partial charge in [0.2, 0.25) is 21.7 Å². The van der Waals surface area contributed by atoms with Gasteiger partial charge < -0.3 is 4.52 Å². The molecule has 2 aromatic rings. The lowest BCUT2D eigenvalue weighted by molar-refractivity contribution is -0.137. The van der Waals surface area contributed by atoms with E-state index in [4.69, 9.17) is 4.52 Å². The lowest BCUT2D eigenvalue weighted by Gasteiger charge is -2.32. The smallest absolute Gasteiger partial charge is 0.338 e. The van der Waals surface area contributed by atoms with E-state index in [1.165, 1.54) is 16.4 Å². The first-order valence-corrected chi connectivity index (χ1v) is 10.0. The monoisotopic (exact) mass is 404 g/mol. The number of sulfonamides is 1. The topological polar surface area (TPSA) is 79.5 Å². The van der Waals surface area contributed by atoms with E-state index in [2.05, 4.69) is 10.1 Å². The molecule has 148 valence electrons. The molecule has 7 nitrogen and oxygen atoms in total. The van der Waals surface area contributed by atoms with Gasteiger partial charge in [-0.3, -0.25) is 4.90 Å². The first-order chi connectivity index (χ1) is 12.7. The Labute approximate surface area is 154 Å². The number of benzene rings is 1. The number of hydrogen-bond donors (Lipinski definition) is 0. The zero-order valence-electron chi connectivity index (χ0n) is 14.6. The van der Waals surface area contributed by atoms with Crippen molar-refractivity contribution >= 4 is 10.0 Å². The third-order valence-electron chi connectivity index (χ3n) is 4.39. The summed E-state index contributed by atoms with van der Waals surface area (Å²) in [5, 5.41) is 3.81. The van der Waals surface area contributed by atoms with Crippen LogP contribution in [0.1, 0.15) is 18.4 Å². The Morgan fingerprint density at radius 2 is 1.74 bits per heavy atom. The molecule has 0 amide bonds. The predicted molar refractivity (Wildman–Crippen MR) is 91.0 cm³/mol. The fourth-order valence-corrected chi connectivity index (χ4v) is 3.87. The van der Waals surface area contributed by atoms with Gasteiger partial charge in [0, 0.05) is 31.7 Å². The van der Waals surface area contributed by atoms with E-state index in [9.17, 15) is 21.6 Å². The Balaban J connectivity index is 1.61. The van der Waals surface area contributed by atoms with Crippen LogP contribution in [0, 0.1) is 0 Å². The number of nitrogens with zero attached hydrogens (tertiary/aromatic N) is 4. The summed E-state index contributed by atoms with van der Waals surface area (Å²) in [5.41, 5.74) is -0.313. The van der Waals surface area contributed by atoms with Gasteiger partial charge >= 0.3 is 6.18 Å². The summed E-state index contributed by atoms with van der Waals surface area (Å²) in [4.78, 5) is 6.21. The summed E-state index contributed by atoms with van der Waals surface area (Å²) in [6.45, 7) is 3.84. The van der Waals surface area contributed by atoms with E-state index in [1.807, 2.05) is 4.90 Å². The molecular formula is C16H19F3N4O3S. The summed E-state index contributed by atoms with van der Waals surface area (Å²) in [6, 6.07) is 4.54. The summed E-state index contributed by atoms with van der Waals surface area (Å²) in [7, 11) is -3.19. The Morgan fingerprint density at radius 1 is 1.11 bits per heavy atom. The second-order valence-corrected chi connectivity index (χ2v) is 8.42. The van der Waals surface area contributed by atoms with Crippen LogP contribution in [0.25, 0.3) is 11.4 Å². The van der Waals surface area contributed by atoms with E-state index < -0.39 is 21.8 Å². The number of alkyl halides is 3. The highest BCUT2D eigenvalue weighted by atomic mass is 32.2. The molecular weight excluding hydrogens is 385 g/mol. The number of rotatable bonds is 5. The van der Waals surface area contributed by atoms with Gasteiger partial charge in [0.1, 0.15) is 0 Å². The van der Waals surface area contributed by atoms with Gasteiger partial charge in [-0.1, -0.05) is 17.3 Å². The van der Waals surface area contributed by atoms with Crippen LogP contribution in [-0.2, 0) is 22.7 Å². The fraction of sp³-hybridized carbons (Fsp3) is 0.500. The molecule has 2 heterocycles. The van der Waals surface area contributed by atoms with Crippen molar-refractivity contribution in [1.29, 1.82) is 0 Å². The second kappa shape index (κ2) is 7.56. The third-order valence-corrected chi connectivity index (χ3v) is 6.27. The Hall–Kier alpha value is -1.98. The van der Waals surface area contributed by atoms with Gasteiger partial charge in [0.05, 0.1) is 17.9 Å². The molecule has 0 saturated carbocycles. The summed E-state index contributed by atoms with van der Waals surface area (Å²) < 4.78 is 68.2. The van der Waals surface area contributed by atoms with E-state index in [-0.39, 0.29) is 11.6 Å². The maximum Gasteiger partial charge on any atom is 0.416 e. The van der Waals surface area contributed by atoms with Gasteiger partial charge in [-0.2, -0.15) is 22.5 Å². The highest BCUT2D eigenvalue weighted by Gasteiger charge is 2.30. The third kappa shape index (κ3) is 4.66. The highest BCUT2D eigenvalue weighted by molar-refractivity contribution is 7.89. The minimum absolute atomic E-state index is 0.0765. The highest BCUT2D eigenvalue weighted by Crippen LogP contribution is 2.30. The van der Waals surface area contributed by atoms with Crippen molar-refractivity contribution in [2.24, 2.45) is 0 Å². The fourth-order valence-electron chi connectivity index (χ4n) is 2.78. The van der Waals surface area contributed by atoms with Crippen LogP contribution in [0.15, 0.2) is 28.8 Å². The van der Waals surface area contributed by atoms with Crippen LogP contribution < -0.4 is 0 Å². The van der Waals surface area contributed by atoms with Crippen LogP contribution >= 0.6 is 0 Å². The molecule has 1 aromatic heterocycles. The lowest BCUT2D eigenvalue weighted by atomic mass is 10.1. The van der Waals surface area contributed by atoms with Gasteiger partial charge in [0.15, 0.2) is 0 Å². The maximum absolute atomic E-state index is 12.6. The zero-order chi connectivity index (χ0) is 19.7. The average Bonchev–Trinajstić information content (AvgIpc) is 3.10. The maximum atomic E-state index is 12.6. The minimum Gasteiger partial charge on any atom is -0.338 e. The first kappa shape index (κ1) is 19.8. The van der Waals surface area contributed by atoms with Gasteiger partial charge in [-0.25, -0.2) is 8.42 Å². The van der Waals surface area contributed by atoms with Crippen molar-refractivity contribution in [2.45, 2.75) is 19.6 Å². The molecule has 0 spiro atoms. The first-order valence-electron chi connectivity index (χ1n) is 8.39. The molecule has 0 unspecified atom stereocenters. The number of halogens is 3. The quantitative estimate of drug-likeness (QED) is 0.760. The molecule has 1 aliphatic heterocycles. The molecule has 1 fully saturated rings. The van der Waals surface area contributed by atoms with E-state index >= 15 is 0 Å². The largest absolute Gasteiger partial charge is 0.416 e. The second-order valence-electron chi connectivity index (χ2n) is 6.16. The van der Waals surface area contributed by atoms with Gasteiger partial charge in [-0.05, 0) is 19.1 Å². The number of hydrogen-bond acceptors (Lipinski definition) is 6. The van der Waals surface area contributed by atoms with E-state index in [0.717, 1.165) is 12.1 Å². The molecule has 0 atom stereocenters. The molecule has 3 rings (SSSR count). The van der Waals surface area contributed by atoms with Gasteiger partial charge in [0.25, 0.3) is 0 Å².